The fraction of sp³-hybridized carbons (Fsp3) is 0.316. The summed E-state index contributed by atoms with van der Waals surface area (Å²) in [6.07, 6.45) is 0. The van der Waals surface area contributed by atoms with Crippen LogP contribution in [0.1, 0.15) is 36.7 Å². The third kappa shape index (κ3) is 5.78. The zero-order valence-corrected chi connectivity index (χ0v) is 15.2. The molecule has 130 valence electrons. The average Bonchev–Trinajstić information content (AvgIpc) is 2.51. The van der Waals surface area contributed by atoms with Crippen LogP contribution in [-0.4, -0.2) is 19.1 Å². The fourth-order valence-corrected chi connectivity index (χ4v) is 2.17. The van der Waals surface area contributed by atoms with E-state index >= 15 is 0 Å². The minimum absolute atomic E-state index is 0. The molecule has 0 unspecified atom stereocenters. The summed E-state index contributed by atoms with van der Waals surface area (Å²) in [5.74, 6) is 0.653. The number of rotatable bonds is 5. The van der Waals surface area contributed by atoms with Crippen molar-refractivity contribution in [2.45, 2.75) is 26.2 Å². The van der Waals surface area contributed by atoms with Gasteiger partial charge >= 0.3 is 0 Å². The van der Waals surface area contributed by atoms with Crippen LogP contribution < -0.4 is 15.8 Å². The summed E-state index contributed by atoms with van der Waals surface area (Å²) >= 11 is 0. The van der Waals surface area contributed by atoms with Crippen molar-refractivity contribution in [3.8, 4) is 5.75 Å². The van der Waals surface area contributed by atoms with Crippen LogP contribution in [0, 0.1) is 0 Å². The molecule has 0 aliphatic carbocycles. The number of carbonyl (C=O) groups is 1. The first-order valence-corrected chi connectivity index (χ1v) is 7.73. The molecule has 0 spiro atoms. The van der Waals surface area contributed by atoms with Crippen LogP contribution in [0.3, 0.4) is 0 Å². The average molecular weight is 349 g/mol. The molecule has 0 heterocycles. The second-order valence-electron chi connectivity index (χ2n) is 6.50. The zero-order valence-electron chi connectivity index (χ0n) is 14.3. The lowest BCUT2D eigenvalue weighted by Crippen LogP contribution is -2.28. The molecule has 2 aromatic rings. The lowest BCUT2D eigenvalue weighted by atomic mass is 9.87. The quantitative estimate of drug-likeness (QED) is 0.638. The second kappa shape index (κ2) is 8.60. The molecule has 0 saturated heterocycles. The maximum atomic E-state index is 11.9. The molecule has 2 rings (SSSR count). The standard InChI is InChI=1S/C19H24N2O2.ClH/c1-19(2,3)15-7-9-17(10-8-15)23-12-11-21-18(22)14-5-4-6-16(20)13-14;/h4-10,13H,11-12,20H2,1-3H3,(H,21,22);1H. The Balaban J connectivity index is 0.00000288. The first-order valence-electron chi connectivity index (χ1n) is 7.73. The Bertz CT molecular complexity index is 664. The van der Waals surface area contributed by atoms with Crippen LogP contribution in [0.25, 0.3) is 0 Å². The number of benzene rings is 2. The van der Waals surface area contributed by atoms with Crippen LogP contribution in [0.5, 0.6) is 5.75 Å². The number of anilines is 1. The molecule has 0 radical (unpaired) electrons. The fourth-order valence-electron chi connectivity index (χ4n) is 2.17. The highest BCUT2D eigenvalue weighted by Gasteiger charge is 2.12. The summed E-state index contributed by atoms with van der Waals surface area (Å²) in [5.41, 5.74) is 8.19. The van der Waals surface area contributed by atoms with E-state index in [1.165, 1.54) is 5.56 Å². The lowest BCUT2D eigenvalue weighted by Gasteiger charge is -2.19. The number of amides is 1. The second-order valence-corrected chi connectivity index (χ2v) is 6.50. The van der Waals surface area contributed by atoms with Crippen LogP contribution in [-0.2, 0) is 5.41 Å². The maximum Gasteiger partial charge on any atom is 0.251 e. The van der Waals surface area contributed by atoms with Gasteiger partial charge in [0, 0.05) is 11.3 Å². The van der Waals surface area contributed by atoms with Crippen LogP contribution in [0.15, 0.2) is 48.5 Å². The van der Waals surface area contributed by atoms with E-state index in [1.807, 2.05) is 12.1 Å². The van der Waals surface area contributed by atoms with Crippen molar-refractivity contribution < 1.29 is 9.53 Å². The number of nitrogens with one attached hydrogen (secondary N) is 1. The highest BCUT2D eigenvalue weighted by molar-refractivity contribution is 5.94. The van der Waals surface area contributed by atoms with Gasteiger partial charge in [0.2, 0.25) is 0 Å². The van der Waals surface area contributed by atoms with E-state index < -0.39 is 0 Å². The van der Waals surface area contributed by atoms with Gasteiger partial charge in [0.1, 0.15) is 12.4 Å². The number of hydrogen-bond donors (Lipinski definition) is 2. The molecule has 0 bridgehead atoms. The number of ether oxygens (including phenoxy) is 1. The zero-order chi connectivity index (χ0) is 16.9. The predicted molar refractivity (Wildman–Crippen MR) is 101 cm³/mol. The Morgan fingerprint density at radius 2 is 1.79 bits per heavy atom. The lowest BCUT2D eigenvalue weighted by molar-refractivity contribution is 0.0947. The van der Waals surface area contributed by atoms with E-state index in [0.717, 1.165) is 5.75 Å². The number of nitrogens with two attached hydrogens (primary N) is 1. The Kier molecular flexibility index (Phi) is 7.11. The molecule has 4 nitrogen and oxygen atoms in total. The maximum absolute atomic E-state index is 11.9. The summed E-state index contributed by atoms with van der Waals surface area (Å²) in [6.45, 7) is 7.38. The third-order valence-electron chi connectivity index (χ3n) is 3.53. The normalized spacial score (nSPS) is 10.6. The van der Waals surface area contributed by atoms with Crippen LogP contribution >= 0.6 is 12.4 Å². The molecule has 24 heavy (non-hydrogen) atoms. The predicted octanol–water partition coefficient (Wildman–Crippen LogP) is 3.80. The monoisotopic (exact) mass is 348 g/mol. The van der Waals surface area contributed by atoms with Crippen molar-refractivity contribution in [2.24, 2.45) is 0 Å². The van der Waals surface area contributed by atoms with Gasteiger partial charge in [0.25, 0.3) is 5.91 Å². The molecular weight excluding hydrogens is 324 g/mol. The molecule has 0 atom stereocenters. The van der Waals surface area contributed by atoms with E-state index in [2.05, 4.69) is 38.2 Å². The minimum atomic E-state index is -0.149. The highest BCUT2D eigenvalue weighted by Crippen LogP contribution is 2.24. The molecule has 5 heteroatoms. The molecular formula is C19H25ClN2O2. The number of hydrogen-bond acceptors (Lipinski definition) is 3. The summed E-state index contributed by atoms with van der Waals surface area (Å²) in [4.78, 5) is 11.9. The van der Waals surface area contributed by atoms with Gasteiger partial charge in [0.15, 0.2) is 0 Å². The summed E-state index contributed by atoms with van der Waals surface area (Å²) in [6, 6.07) is 15.0. The SMILES string of the molecule is CC(C)(C)c1ccc(OCCNC(=O)c2cccc(N)c2)cc1.Cl. The van der Waals surface area contributed by atoms with E-state index in [1.54, 1.807) is 24.3 Å². The Labute approximate surface area is 149 Å². The third-order valence-corrected chi connectivity index (χ3v) is 3.53. The van der Waals surface area contributed by atoms with Gasteiger partial charge in [-0.1, -0.05) is 39.0 Å². The molecule has 0 fully saturated rings. The first kappa shape index (κ1) is 19.8. The highest BCUT2D eigenvalue weighted by atomic mass is 35.5. The van der Waals surface area contributed by atoms with Crippen molar-refractivity contribution in [1.82, 2.24) is 5.32 Å². The van der Waals surface area contributed by atoms with Gasteiger partial charge in [-0.3, -0.25) is 4.79 Å². The molecule has 2 aromatic carbocycles. The van der Waals surface area contributed by atoms with Gasteiger partial charge in [-0.05, 0) is 41.3 Å². The van der Waals surface area contributed by atoms with Gasteiger partial charge in [0.05, 0.1) is 6.54 Å². The van der Waals surface area contributed by atoms with Crippen molar-refractivity contribution in [3.63, 3.8) is 0 Å². The van der Waals surface area contributed by atoms with Gasteiger partial charge < -0.3 is 15.8 Å². The van der Waals surface area contributed by atoms with E-state index in [0.29, 0.717) is 24.4 Å². The van der Waals surface area contributed by atoms with Crippen molar-refractivity contribution in [3.05, 3.63) is 59.7 Å². The Morgan fingerprint density at radius 3 is 2.38 bits per heavy atom. The van der Waals surface area contributed by atoms with Gasteiger partial charge in [-0.15, -0.1) is 12.4 Å². The molecule has 0 aliphatic rings. The molecule has 0 aromatic heterocycles. The minimum Gasteiger partial charge on any atom is -0.492 e. The topological polar surface area (TPSA) is 64.3 Å². The van der Waals surface area contributed by atoms with Crippen molar-refractivity contribution in [2.75, 3.05) is 18.9 Å². The summed E-state index contributed by atoms with van der Waals surface area (Å²) in [7, 11) is 0. The first-order chi connectivity index (χ1) is 10.9. The largest absolute Gasteiger partial charge is 0.492 e. The molecule has 0 saturated carbocycles. The van der Waals surface area contributed by atoms with Gasteiger partial charge in [-0.25, -0.2) is 0 Å². The molecule has 1 amide bonds. The molecule has 3 N–H and O–H groups in total. The van der Waals surface area contributed by atoms with E-state index in [-0.39, 0.29) is 23.7 Å². The van der Waals surface area contributed by atoms with Crippen molar-refractivity contribution >= 4 is 24.0 Å². The van der Waals surface area contributed by atoms with E-state index in [9.17, 15) is 4.79 Å². The smallest absolute Gasteiger partial charge is 0.251 e. The van der Waals surface area contributed by atoms with E-state index in [4.69, 9.17) is 10.5 Å². The summed E-state index contributed by atoms with van der Waals surface area (Å²) in [5, 5.41) is 2.81. The van der Waals surface area contributed by atoms with Crippen molar-refractivity contribution in [1.29, 1.82) is 0 Å². The van der Waals surface area contributed by atoms with Crippen LogP contribution in [0.4, 0.5) is 5.69 Å². The number of halogens is 1. The van der Waals surface area contributed by atoms with Gasteiger partial charge in [-0.2, -0.15) is 0 Å². The molecule has 0 aliphatic heterocycles. The Hall–Kier alpha value is -2.20. The van der Waals surface area contributed by atoms with Crippen LogP contribution in [0.2, 0.25) is 0 Å². The number of nitrogen functional groups attached to an aromatic ring is 1. The Morgan fingerprint density at radius 1 is 1.12 bits per heavy atom. The summed E-state index contributed by atoms with van der Waals surface area (Å²) < 4.78 is 5.64. The number of carbonyl (C=O) groups excluding carboxylic acids is 1.